The van der Waals surface area contributed by atoms with Crippen LogP contribution in [-0.2, 0) is 47.3 Å². The van der Waals surface area contributed by atoms with Crippen LogP contribution in [0.15, 0.2) is 0 Å². The monoisotopic (exact) mass is 354 g/mol. The first-order valence-corrected chi connectivity index (χ1v) is 5.46. The number of Topliss-reactive ketones (excluding diaryl/α,β-unsaturated/α-hetero) is 3. The molecule has 0 heterocycles. The molecule has 0 spiro atoms. The van der Waals surface area contributed by atoms with Gasteiger partial charge in [-0.3, -0.25) is 14.4 Å². The molecule has 0 bridgehead atoms. The average molecular weight is 354 g/mol. The minimum absolute atomic E-state index is 0. The van der Waals surface area contributed by atoms with E-state index in [-0.39, 0.29) is 35.9 Å². The molecule has 0 aromatic heterocycles. The van der Waals surface area contributed by atoms with Crippen molar-refractivity contribution in [3.8, 4) is 0 Å². The third kappa shape index (κ3) is 52.0. The number of carboxylic acids is 3. The van der Waals surface area contributed by atoms with Crippen molar-refractivity contribution in [3.05, 3.63) is 0 Å². The van der Waals surface area contributed by atoms with Crippen LogP contribution in [0.1, 0.15) is 40.0 Å². The van der Waals surface area contributed by atoms with Crippen molar-refractivity contribution in [2.24, 2.45) is 0 Å². The summed E-state index contributed by atoms with van der Waals surface area (Å²) >= 11 is 0. The van der Waals surface area contributed by atoms with Gasteiger partial charge < -0.3 is 29.7 Å². The Labute approximate surface area is 138 Å². The van der Waals surface area contributed by atoms with Gasteiger partial charge in [-0.2, -0.15) is 0 Å². The normalized spacial score (nSPS) is 7.77. The van der Waals surface area contributed by atoms with Gasteiger partial charge in [-0.25, -0.2) is 0 Å². The van der Waals surface area contributed by atoms with E-state index in [4.69, 9.17) is 0 Å². The minimum atomic E-state index is -1.31. The van der Waals surface area contributed by atoms with Crippen LogP contribution in [0.25, 0.3) is 0 Å². The van der Waals surface area contributed by atoms with Gasteiger partial charge in [0.25, 0.3) is 0 Å². The quantitative estimate of drug-likeness (QED) is 0.433. The van der Waals surface area contributed by atoms with Crippen LogP contribution in [0.2, 0.25) is 0 Å². The van der Waals surface area contributed by atoms with Crippen molar-refractivity contribution in [1.29, 1.82) is 0 Å². The smallest absolute Gasteiger partial charge is 0.135 e. The zero-order chi connectivity index (χ0) is 17.6. The first-order valence-electron chi connectivity index (χ1n) is 5.46. The topological polar surface area (TPSA) is 172 Å². The van der Waals surface area contributed by atoms with Gasteiger partial charge in [0.05, 0.1) is 0 Å². The van der Waals surface area contributed by atoms with Crippen LogP contribution in [-0.4, -0.2) is 35.3 Å². The van der Waals surface area contributed by atoms with Crippen LogP contribution in [0.3, 0.4) is 0 Å². The van der Waals surface area contributed by atoms with Crippen molar-refractivity contribution >= 4 is 35.3 Å². The Morgan fingerprint density at radius 3 is 0.682 bits per heavy atom. The number of carbonyl (C=O) groups is 6. The van der Waals surface area contributed by atoms with Crippen LogP contribution in [0.5, 0.6) is 0 Å². The molecule has 0 rings (SSSR count). The summed E-state index contributed by atoms with van der Waals surface area (Å²) in [4.78, 5) is 57.9. The predicted octanol–water partition coefficient (Wildman–Crippen LogP) is -3.86. The Hall–Kier alpha value is -2.00. The molecule has 0 aromatic carbocycles. The van der Waals surface area contributed by atoms with Gasteiger partial charge in [-0.15, -0.1) is 0 Å². The number of carbonyl (C=O) groups excluding carboxylic acids is 6. The average Bonchev–Trinajstić information content (AvgIpc) is 2.10. The van der Waals surface area contributed by atoms with Gasteiger partial charge in [0, 0.05) is 55.7 Å². The summed E-state index contributed by atoms with van der Waals surface area (Å²) in [5.41, 5.74) is 0. The maximum atomic E-state index is 9.83. The molecule has 0 unspecified atom stereocenters. The number of aliphatic carboxylic acids is 3. The fourth-order valence-electron chi connectivity index (χ4n) is 0.610. The van der Waals surface area contributed by atoms with Gasteiger partial charge >= 0.3 is 0 Å². The molecule has 0 atom stereocenters. The maximum Gasteiger partial charge on any atom is 0.135 e. The summed E-state index contributed by atoms with van der Waals surface area (Å²) in [6, 6.07) is 0. The van der Waals surface area contributed by atoms with E-state index in [1.807, 2.05) is 0 Å². The van der Waals surface area contributed by atoms with Crippen molar-refractivity contribution < 1.29 is 62.6 Å². The van der Waals surface area contributed by atoms with Gasteiger partial charge in [-0.05, 0) is 20.8 Å². The Morgan fingerprint density at radius 1 is 0.545 bits per heavy atom. The van der Waals surface area contributed by atoms with Crippen LogP contribution >= 0.6 is 0 Å². The minimum Gasteiger partial charge on any atom is -0.550 e. The summed E-state index contributed by atoms with van der Waals surface area (Å²) in [6.07, 6.45) is -1.42. The molecule has 0 fully saturated rings. The number of hydrogen-bond acceptors (Lipinski definition) is 9. The van der Waals surface area contributed by atoms with E-state index in [2.05, 4.69) is 0 Å². The molecule has 125 valence electrons. The number of hydrogen-bond donors (Lipinski definition) is 0. The van der Waals surface area contributed by atoms with E-state index >= 15 is 0 Å². The van der Waals surface area contributed by atoms with E-state index in [1.165, 1.54) is 20.8 Å². The van der Waals surface area contributed by atoms with Gasteiger partial charge in [0.2, 0.25) is 0 Å². The largest absolute Gasteiger partial charge is 0.550 e. The standard InChI is InChI=1S/3C4H6O3.V/c3*1-3(5)2-4(6)7;/h3*2H2,1H3,(H,6,7);/p-3. The van der Waals surface area contributed by atoms with Gasteiger partial charge in [-0.1, -0.05) is 0 Å². The molecular weight excluding hydrogens is 339 g/mol. The molecule has 10 heteroatoms. The third-order valence-electron chi connectivity index (χ3n) is 1.18. The summed E-state index contributed by atoms with van der Waals surface area (Å²) in [5, 5.41) is 28.4. The Balaban J connectivity index is -0.000000108. The van der Waals surface area contributed by atoms with E-state index in [0.717, 1.165) is 0 Å². The van der Waals surface area contributed by atoms with Crippen molar-refractivity contribution in [1.82, 2.24) is 0 Å². The van der Waals surface area contributed by atoms with Crippen molar-refractivity contribution in [2.75, 3.05) is 0 Å². The maximum absolute atomic E-state index is 9.83. The fourth-order valence-corrected chi connectivity index (χ4v) is 0.610. The predicted molar refractivity (Wildman–Crippen MR) is 60.9 cm³/mol. The SMILES string of the molecule is CC(=O)CC(=O)[O-].CC(=O)CC(=O)[O-].CC(=O)CC(=O)[O-].[V]. The van der Waals surface area contributed by atoms with Crippen LogP contribution in [0, 0.1) is 0 Å². The van der Waals surface area contributed by atoms with Crippen LogP contribution < -0.4 is 15.3 Å². The van der Waals surface area contributed by atoms with E-state index in [1.54, 1.807) is 0 Å². The molecule has 1 radical (unpaired) electrons. The van der Waals surface area contributed by atoms with E-state index in [9.17, 15) is 44.1 Å². The molecule has 0 aromatic rings. The molecule has 0 aliphatic carbocycles. The molecule has 0 saturated heterocycles. The van der Waals surface area contributed by atoms with Crippen molar-refractivity contribution in [2.45, 2.75) is 40.0 Å². The second-order valence-corrected chi connectivity index (χ2v) is 3.75. The number of ketones is 3. The molecule has 0 aliphatic heterocycles. The molecule has 0 saturated carbocycles. The zero-order valence-electron chi connectivity index (χ0n) is 12.2. The summed E-state index contributed by atoms with van der Waals surface area (Å²) < 4.78 is 0. The van der Waals surface area contributed by atoms with E-state index in [0.29, 0.717) is 0 Å². The first kappa shape index (κ1) is 28.2. The van der Waals surface area contributed by atoms with Crippen molar-refractivity contribution in [3.63, 3.8) is 0 Å². The fraction of sp³-hybridized carbons (Fsp3) is 0.500. The Morgan fingerprint density at radius 2 is 0.682 bits per heavy atom. The first-order chi connectivity index (χ1) is 9.38. The second kappa shape index (κ2) is 17.1. The summed E-state index contributed by atoms with van der Waals surface area (Å²) in [5.74, 6) is -5.06. The van der Waals surface area contributed by atoms with E-state index < -0.39 is 37.2 Å². The zero-order valence-corrected chi connectivity index (χ0v) is 13.6. The van der Waals surface area contributed by atoms with Gasteiger partial charge in [0.1, 0.15) is 17.3 Å². The Kier molecular flexibility index (Phi) is 21.9. The van der Waals surface area contributed by atoms with Crippen LogP contribution in [0.4, 0.5) is 0 Å². The number of rotatable bonds is 6. The Bertz CT molecular complexity index is 317. The summed E-state index contributed by atoms with van der Waals surface area (Å²) in [7, 11) is 0. The molecule has 0 N–H and O–H groups in total. The third-order valence-corrected chi connectivity index (χ3v) is 1.18. The van der Waals surface area contributed by atoms with Gasteiger partial charge in [0.15, 0.2) is 0 Å². The number of carboxylic acid groups (broad SMARTS) is 3. The molecular formula is C12H15O9V-3. The molecule has 9 nitrogen and oxygen atoms in total. The second-order valence-electron chi connectivity index (χ2n) is 3.75. The molecule has 0 amide bonds. The molecule has 22 heavy (non-hydrogen) atoms. The molecule has 0 aliphatic rings. The summed E-state index contributed by atoms with van der Waals surface area (Å²) in [6.45, 7) is 3.61.